The fraction of sp³-hybridized carbons (Fsp3) is 0.412. The molecule has 0 amide bonds. The lowest BCUT2D eigenvalue weighted by molar-refractivity contribution is -0.153. The van der Waals surface area contributed by atoms with Crippen molar-refractivity contribution in [1.82, 2.24) is 15.6 Å². The molecule has 1 aromatic heterocycles. The van der Waals surface area contributed by atoms with Gasteiger partial charge in [0.15, 0.2) is 24.1 Å². The summed E-state index contributed by atoms with van der Waals surface area (Å²) in [6.07, 6.45) is -2.59. The number of aromatic nitrogens is 1. The van der Waals surface area contributed by atoms with Gasteiger partial charge in [0.05, 0.1) is 13.7 Å². The molecule has 156 valence electrons. The molecular weight excluding hydrogens is 508 g/mol. The molecule has 2 aromatic rings. The average molecular weight is 530 g/mol. The second kappa shape index (κ2) is 11.3. The summed E-state index contributed by atoms with van der Waals surface area (Å²) in [6.45, 7) is 1.58. The average Bonchev–Trinajstić information content (AvgIpc) is 3.05. The Morgan fingerprint density at radius 1 is 1.21 bits per heavy atom. The highest BCUT2D eigenvalue weighted by molar-refractivity contribution is 14.0. The van der Waals surface area contributed by atoms with Crippen LogP contribution in [0, 0.1) is 6.92 Å². The third kappa shape index (κ3) is 8.09. The number of aliphatic imine (C=N–C) groups is 1. The quantitative estimate of drug-likeness (QED) is 0.323. The molecule has 0 bridgehead atoms. The van der Waals surface area contributed by atoms with Crippen LogP contribution < -0.4 is 20.1 Å². The Bertz CT molecular complexity index is 784. The van der Waals surface area contributed by atoms with Gasteiger partial charge in [-0.25, -0.2) is 4.98 Å². The summed E-state index contributed by atoms with van der Waals surface area (Å²) in [7, 11) is 3.03. The number of methoxy groups -OCH3 is 1. The van der Waals surface area contributed by atoms with Crippen LogP contribution in [-0.2, 0) is 13.1 Å². The molecule has 0 spiro atoms. The third-order valence-electron chi connectivity index (χ3n) is 3.38. The molecule has 0 atom stereocenters. The Morgan fingerprint density at radius 3 is 2.50 bits per heavy atom. The molecule has 0 radical (unpaired) electrons. The number of guanidine groups is 1. The number of hydrogen-bond donors (Lipinski definition) is 2. The molecule has 1 aromatic carbocycles. The zero-order valence-electron chi connectivity index (χ0n) is 15.6. The van der Waals surface area contributed by atoms with E-state index in [1.165, 1.54) is 13.2 Å². The van der Waals surface area contributed by atoms with Crippen molar-refractivity contribution in [3.05, 3.63) is 39.8 Å². The summed E-state index contributed by atoms with van der Waals surface area (Å²) in [6, 6.07) is 4.74. The SMILES string of the molecule is CN=C(NCc1ccc(OCC(F)(F)F)c(OC)c1)NCc1ncc(C)s1.I. The Morgan fingerprint density at radius 2 is 1.93 bits per heavy atom. The molecule has 28 heavy (non-hydrogen) atoms. The molecule has 0 aliphatic heterocycles. The number of rotatable bonds is 7. The molecule has 2 rings (SSSR count). The minimum Gasteiger partial charge on any atom is -0.493 e. The summed E-state index contributed by atoms with van der Waals surface area (Å²) in [5.74, 6) is 0.860. The van der Waals surface area contributed by atoms with Gasteiger partial charge in [0.25, 0.3) is 0 Å². The molecule has 1 heterocycles. The summed E-state index contributed by atoms with van der Waals surface area (Å²) in [4.78, 5) is 9.54. The van der Waals surface area contributed by atoms with E-state index in [4.69, 9.17) is 9.47 Å². The van der Waals surface area contributed by atoms with E-state index in [0.717, 1.165) is 15.4 Å². The van der Waals surface area contributed by atoms with Crippen LogP contribution in [0.4, 0.5) is 13.2 Å². The second-order valence-corrected chi connectivity index (χ2v) is 6.85. The first-order chi connectivity index (χ1) is 12.8. The van der Waals surface area contributed by atoms with Crippen LogP contribution in [-0.4, -0.2) is 37.9 Å². The monoisotopic (exact) mass is 530 g/mol. The summed E-state index contributed by atoms with van der Waals surface area (Å²) in [5, 5.41) is 7.23. The van der Waals surface area contributed by atoms with Crippen LogP contribution >= 0.6 is 35.3 Å². The number of halogens is 4. The van der Waals surface area contributed by atoms with E-state index in [1.54, 1.807) is 30.5 Å². The maximum absolute atomic E-state index is 12.3. The van der Waals surface area contributed by atoms with Gasteiger partial charge in [-0.2, -0.15) is 13.2 Å². The number of aryl methyl sites for hydroxylation is 1. The topological polar surface area (TPSA) is 67.8 Å². The first-order valence-corrected chi connectivity index (χ1v) is 8.84. The van der Waals surface area contributed by atoms with E-state index in [0.29, 0.717) is 19.0 Å². The summed E-state index contributed by atoms with van der Waals surface area (Å²) in [5.41, 5.74) is 0.805. The van der Waals surface area contributed by atoms with E-state index >= 15 is 0 Å². The molecule has 0 unspecified atom stereocenters. The van der Waals surface area contributed by atoms with E-state index in [9.17, 15) is 13.2 Å². The number of nitrogens with one attached hydrogen (secondary N) is 2. The molecule has 0 fully saturated rings. The van der Waals surface area contributed by atoms with E-state index in [2.05, 4.69) is 20.6 Å². The van der Waals surface area contributed by atoms with E-state index in [-0.39, 0.29) is 35.5 Å². The standard InChI is InChI=1S/C17H21F3N4O2S.HI/c1-11-7-22-15(27-11)9-24-16(21-2)23-8-12-4-5-13(14(6-12)25-3)26-10-17(18,19)20;/h4-7H,8-10H2,1-3H3,(H2,21,23,24);1H. The predicted octanol–water partition coefficient (Wildman–Crippen LogP) is 3.88. The lowest BCUT2D eigenvalue weighted by Crippen LogP contribution is -2.36. The van der Waals surface area contributed by atoms with Gasteiger partial charge in [-0.15, -0.1) is 35.3 Å². The normalized spacial score (nSPS) is 11.6. The van der Waals surface area contributed by atoms with Crippen LogP contribution in [0.5, 0.6) is 11.5 Å². The lowest BCUT2D eigenvalue weighted by Gasteiger charge is -2.15. The Kier molecular flexibility index (Phi) is 9.79. The van der Waals surface area contributed by atoms with Crippen LogP contribution in [0.2, 0.25) is 0 Å². The van der Waals surface area contributed by atoms with E-state index < -0.39 is 12.8 Å². The van der Waals surface area contributed by atoms with Crippen LogP contribution in [0.15, 0.2) is 29.4 Å². The van der Waals surface area contributed by atoms with Crippen molar-refractivity contribution in [1.29, 1.82) is 0 Å². The molecule has 0 aliphatic carbocycles. The van der Waals surface area contributed by atoms with Gasteiger partial charge >= 0.3 is 6.18 Å². The van der Waals surface area contributed by atoms with Crippen LogP contribution in [0.1, 0.15) is 15.4 Å². The van der Waals surface area contributed by atoms with Crippen molar-refractivity contribution < 1.29 is 22.6 Å². The van der Waals surface area contributed by atoms with Crippen LogP contribution in [0.3, 0.4) is 0 Å². The molecule has 0 saturated carbocycles. The predicted molar refractivity (Wildman–Crippen MR) is 114 cm³/mol. The number of nitrogens with zero attached hydrogens (tertiary/aromatic N) is 2. The van der Waals surface area contributed by atoms with Gasteiger partial charge in [0, 0.05) is 24.7 Å². The maximum atomic E-state index is 12.3. The zero-order valence-corrected chi connectivity index (χ0v) is 18.7. The summed E-state index contributed by atoms with van der Waals surface area (Å²) < 4.78 is 46.8. The van der Waals surface area contributed by atoms with Gasteiger partial charge in [-0.05, 0) is 24.6 Å². The van der Waals surface area contributed by atoms with E-state index in [1.807, 2.05) is 13.1 Å². The first kappa shape index (κ1) is 24.3. The van der Waals surface area contributed by atoms with Gasteiger partial charge in [-0.1, -0.05) is 6.07 Å². The molecular formula is C17H22F3IN4O2S. The minimum absolute atomic E-state index is 0. The van der Waals surface area contributed by atoms with Crippen molar-refractivity contribution in [3.8, 4) is 11.5 Å². The highest BCUT2D eigenvalue weighted by atomic mass is 127. The highest BCUT2D eigenvalue weighted by Gasteiger charge is 2.29. The molecule has 0 saturated heterocycles. The number of hydrogen-bond acceptors (Lipinski definition) is 5. The number of benzene rings is 1. The highest BCUT2D eigenvalue weighted by Crippen LogP contribution is 2.29. The number of ether oxygens (including phenoxy) is 2. The van der Waals surface area contributed by atoms with Gasteiger partial charge < -0.3 is 20.1 Å². The third-order valence-corrected chi connectivity index (χ3v) is 4.29. The lowest BCUT2D eigenvalue weighted by atomic mass is 10.2. The molecule has 2 N–H and O–H groups in total. The molecule has 6 nitrogen and oxygen atoms in total. The summed E-state index contributed by atoms with van der Waals surface area (Å²) >= 11 is 1.60. The number of thiazole rings is 1. The largest absolute Gasteiger partial charge is 0.493 e. The minimum atomic E-state index is -4.40. The Balaban J connectivity index is 0.00000392. The van der Waals surface area contributed by atoms with Gasteiger partial charge in [0.2, 0.25) is 0 Å². The molecule has 0 aliphatic rings. The Labute approximate surface area is 182 Å². The Hall–Kier alpha value is -1.76. The second-order valence-electron chi connectivity index (χ2n) is 5.53. The van der Waals surface area contributed by atoms with Crippen molar-refractivity contribution in [2.24, 2.45) is 4.99 Å². The maximum Gasteiger partial charge on any atom is 0.422 e. The number of alkyl halides is 3. The zero-order chi connectivity index (χ0) is 19.9. The van der Waals surface area contributed by atoms with Crippen molar-refractivity contribution >= 4 is 41.3 Å². The van der Waals surface area contributed by atoms with Crippen molar-refractivity contribution in [2.45, 2.75) is 26.2 Å². The van der Waals surface area contributed by atoms with Gasteiger partial charge in [-0.3, -0.25) is 4.99 Å². The molecule has 11 heteroatoms. The van der Waals surface area contributed by atoms with Gasteiger partial charge in [0.1, 0.15) is 5.01 Å². The smallest absolute Gasteiger partial charge is 0.422 e. The van der Waals surface area contributed by atoms with Crippen molar-refractivity contribution in [3.63, 3.8) is 0 Å². The van der Waals surface area contributed by atoms with Crippen LogP contribution in [0.25, 0.3) is 0 Å². The fourth-order valence-electron chi connectivity index (χ4n) is 2.15. The fourth-order valence-corrected chi connectivity index (χ4v) is 2.88. The first-order valence-electron chi connectivity index (χ1n) is 8.03. The van der Waals surface area contributed by atoms with Crippen molar-refractivity contribution in [2.75, 3.05) is 20.8 Å².